The van der Waals surface area contributed by atoms with E-state index in [0.29, 0.717) is 38.5 Å². The van der Waals surface area contributed by atoms with Crippen molar-refractivity contribution in [2.45, 2.75) is 87.5 Å². The van der Waals surface area contributed by atoms with E-state index in [2.05, 4.69) is 0 Å². The molecule has 6 heteroatoms. The van der Waals surface area contributed by atoms with Crippen LogP contribution in [-0.2, 0) is 9.59 Å². The van der Waals surface area contributed by atoms with Crippen molar-refractivity contribution in [1.29, 1.82) is 0 Å². The lowest BCUT2D eigenvalue weighted by Crippen LogP contribution is -2.62. The molecule has 2 unspecified atom stereocenters. The van der Waals surface area contributed by atoms with Gasteiger partial charge in [0, 0.05) is 0 Å². The first-order chi connectivity index (χ1) is 20.8. The Kier molecular flexibility index (Phi) is 6.82. The minimum atomic E-state index is -1.38. The lowest BCUT2D eigenvalue weighted by atomic mass is 9.66. The van der Waals surface area contributed by atoms with Crippen LogP contribution in [0.4, 0.5) is 0 Å². The van der Waals surface area contributed by atoms with Crippen molar-refractivity contribution in [3.8, 4) is 0 Å². The number of fused-ring (bicyclic) bond motifs is 2. The molecule has 4 N–H and O–H groups in total. The van der Waals surface area contributed by atoms with Gasteiger partial charge in [0.1, 0.15) is 5.41 Å². The number of benzene rings is 4. The largest absolute Gasteiger partial charge is 0.387 e. The molecule has 2 amide bonds. The zero-order chi connectivity index (χ0) is 29.8. The standard InChI is InChI=1S/C37H40N2O4/c38-33(40)35(19-5-6-20-35)34(41)39(31(36(42)21-9-22-36)29-17-7-13-25-11-1-3-15-27(25)29)32(37(43)23-10-24-37)30-18-8-14-26-12-2-4-16-28(26)30/h1-4,7-8,11-18,31-32,42-43H,5-6,9-10,19-24H2,(H2,38,40). The fourth-order valence-electron chi connectivity index (χ4n) is 8.17. The Hall–Kier alpha value is -3.74. The van der Waals surface area contributed by atoms with Crippen molar-refractivity contribution < 1.29 is 19.8 Å². The molecule has 3 saturated carbocycles. The summed E-state index contributed by atoms with van der Waals surface area (Å²) in [6, 6.07) is 26.5. The topological polar surface area (TPSA) is 104 Å². The van der Waals surface area contributed by atoms with Crippen LogP contribution >= 0.6 is 0 Å². The Labute approximate surface area is 252 Å². The number of rotatable bonds is 8. The van der Waals surface area contributed by atoms with E-state index in [1.807, 2.05) is 84.9 Å². The SMILES string of the molecule is NC(=O)C1(C(=O)N(C(c2cccc3ccccc23)C2(O)CCC2)C(c2cccc3ccccc23)C2(O)CCC2)CCCC1. The molecule has 0 radical (unpaired) electrons. The van der Waals surface area contributed by atoms with E-state index in [-0.39, 0.29) is 5.91 Å². The predicted molar refractivity (Wildman–Crippen MR) is 168 cm³/mol. The number of nitrogens with two attached hydrogens (primary N) is 1. The molecule has 222 valence electrons. The number of primary amides is 1. The summed E-state index contributed by atoms with van der Waals surface area (Å²) in [5.74, 6) is -0.983. The van der Waals surface area contributed by atoms with Crippen LogP contribution in [0.1, 0.15) is 87.4 Å². The zero-order valence-electron chi connectivity index (χ0n) is 24.5. The highest BCUT2D eigenvalue weighted by atomic mass is 16.3. The Morgan fingerprint density at radius 2 is 1.02 bits per heavy atom. The molecule has 43 heavy (non-hydrogen) atoms. The van der Waals surface area contributed by atoms with Gasteiger partial charge in [-0.15, -0.1) is 0 Å². The lowest BCUT2D eigenvalue weighted by molar-refractivity contribution is -0.187. The number of carbonyl (C=O) groups excluding carboxylic acids is 2. The fourth-order valence-corrected chi connectivity index (χ4v) is 8.17. The number of aliphatic hydroxyl groups is 2. The van der Waals surface area contributed by atoms with E-state index >= 15 is 4.79 Å². The molecule has 3 fully saturated rings. The summed E-state index contributed by atoms with van der Waals surface area (Å²) < 4.78 is 0. The van der Waals surface area contributed by atoms with Gasteiger partial charge in [-0.2, -0.15) is 0 Å². The summed E-state index contributed by atoms with van der Waals surface area (Å²) in [4.78, 5) is 30.5. The van der Waals surface area contributed by atoms with Crippen LogP contribution < -0.4 is 5.73 Å². The van der Waals surface area contributed by atoms with Crippen molar-refractivity contribution in [3.63, 3.8) is 0 Å². The molecule has 0 heterocycles. The average molecular weight is 577 g/mol. The third-order valence-corrected chi connectivity index (χ3v) is 10.8. The Morgan fingerprint density at radius 1 is 0.605 bits per heavy atom. The third-order valence-electron chi connectivity index (χ3n) is 10.8. The van der Waals surface area contributed by atoms with E-state index < -0.39 is 34.6 Å². The van der Waals surface area contributed by atoms with Crippen molar-refractivity contribution in [3.05, 3.63) is 96.1 Å². The summed E-state index contributed by atoms with van der Waals surface area (Å²) in [5, 5.41) is 28.8. The first-order valence-electron chi connectivity index (χ1n) is 15.8. The second kappa shape index (κ2) is 10.5. The number of hydrogen-bond acceptors (Lipinski definition) is 4. The van der Waals surface area contributed by atoms with E-state index in [1.165, 1.54) is 0 Å². The van der Waals surface area contributed by atoms with Gasteiger partial charge in [-0.1, -0.05) is 97.8 Å². The monoisotopic (exact) mass is 576 g/mol. The third kappa shape index (κ3) is 4.37. The number of nitrogens with zero attached hydrogens (tertiary/aromatic N) is 1. The van der Waals surface area contributed by atoms with E-state index in [9.17, 15) is 15.0 Å². The quantitative estimate of drug-likeness (QED) is 0.209. The van der Waals surface area contributed by atoms with Crippen LogP contribution in [0.25, 0.3) is 21.5 Å². The van der Waals surface area contributed by atoms with Crippen LogP contribution in [0, 0.1) is 5.41 Å². The number of amides is 2. The molecule has 4 aromatic carbocycles. The molecule has 3 aliphatic carbocycles. The highest BCUT2D eigenvalue weighted by Gasteiger charge is 2.60. The van der Waals surface area contributed by atoms with E-state index in [0.717, 1.165) is 58.4 Å². The first-order valence-corrected chi connectivity index (χ1v) is 15.8. The van der Waals surface area contributed by atoms with Gasteiger partial charge in [-0.05, 0) is 84.0 Å². The van der Waals surface area contributed by atoms with Crippen LogP contribution in [0.3, 0.4) is 0 Å². The van der Waals surface area contributed by atoms with Crippen molar-refractivity contribution in [2.24, 2.45) is 11.1 Å². The minimum absolute atomic E-state index is 0.367. The summed E-state index contributed by atoms with van der Waals surface area (Å²) in [6.45, 7) is 0. The Morgan fingerprint density at radius 3 is 1.42 bits per heavy atom. The molecule has 4 aromatic rings. The number of carbonyl (C=O) groups is 2. The van der Waals surface area contributed by atoms with Crippen LogP contribution in [0.2, 0.25) is 0 Å². The van der Waals surface area contributed by atoms with Gasteiger partial charge < -0.3 is 20.8 Å². The maximum atomic E-state index is 15.4. The van der Waals surface area contributed by atoms with Crippen LogP contribution in [0.15, 0.2) is 84.9 Å². The highest BCUT2D eigenvalue weighted by molar-refractivity contribution is 6.05. The Bertz CT molecular complexity index is 1590. The second-order valence-electron chi connectivity index (χ2n) is 13.2. The smallest absolute Gasteiger partial charge is 0.239 e. The maximum Gasteiger partial charge on any atom is 0.239 e. The molecule has 0 bridgehead atoms. The molecule has 3 aliphatic rings. The summed E-state index contributed by atoms with van der Waals surface area (Å²) in [6.07, 6.45) is 5.98. The first kappa shape index (κ1) is 28.1. The molecule has 0 aromatic heterocycles. The van der Waals surface area contributed by atoms with Gasteiger partial charge in [0.15, 0.2) is 0 Å². The molecular formula is C37H40N2O4. The van der Waals surface area contributed by atoms with Gasteiger partial charge in [0.05, 0.1) is 23.3 Å². The number of hydrogen-bond donors (Lipinski definition) is 3. The normalized spacial score (nSPS) is 21.4. The molecule has 7 rings (SSSR count). The lowest BCUT2D eigenvalue weighted by Gasteiger charge is -2.57. The van der Waals surface area contributed by atoms with E-state index in [1.54, 1.807) is 4.90 Å². The van der Waals surface area contributed by atoms with Crippen molar-refractivity contribution in [2.75, 3.05) is 0 Å². The predicted octanol–water partition coefficient (Wildman–Crippen LogP) is 6.48. The minimum Gasteiger partial charge on any atom is -0.387 e. The summed E-state index contributed by atoms with van der Waals surface area (Å²) in [5.41, 5.74) is 3.97. The highest BCUT2D eigenvalue weighted by Crippen LogP contribution is 2.57. The van der Waals surface area contributed by atoms with Gasteiger partial charge >= 0.3 is 0 Å². The van der Waals surface area contributed by atoms with Crippen LogP contribution in [-0.4, -0.2) is 38.1 Å². The molecule has 0 spiro atoms. The van der Waals surface area contributed by atoms with Gasteiger partial charge in [-0.3, -0.25) is 9.59 Å². The fraction of sp³-hybridized carbons (Fsp3) is 0.405. The summed E-state index contributed by atoms with van der Waals surface area (Å²) in [7, 11) is 0. The van der Waals surface area contributed by atoms with Crippen molar-refractivity contribution in [1.82, 2.24) is 4.90 Å². The molecule has 0 aliphatic heterocycles. The molecular weight excluding hydrogens is 536 g/mol. The van der Waals surface area contributed by atoms with Gasteiger partial charge in [-0.25, -0.2) is 0 Å². The molecule has 2 atom stereocenters. The van der Waals surface area contributed by atoms with E-state index in [4.69, 9.17) is 5.73 Å². The van der Waals surface area contributed by atoms with Crippen molar-refractivity contribution >= 4 is 33.4 Å². The zero-order valence-corrected chi connectivity index (χ0v) is 24.5. The average Bonchev–Trinajstić information content (AvgIpc) is 3.50. The van der Waals surface area contributed by atoms with Gasteiger partial charge in [0.2, 0.25) is 11.8 Å². The Balaban J connectivity index is 1.55. The maximum absolute atomic E-state index is 15.4. The molecule has 0 saturated heterocycles. The van der Waals surface area contributed by atoms with Gasteiger partial charge in [0.25, 0.3) is 0 Å². The second-order valence-corrected chi connectivity index (χ2v) is 13.2. The van der Waals surface area contributed by atoms with Crippen LogP contribution in [0.5, 0.6) is 0 Å². The molecule has 6 nitrogen and oxygen atoms in total. The summed E-state index contributed by atoms with van der Waals surface area (Å²) >= 11 is 0.